The van der Waals surface area contributed by atoms with Gasteiger partial charge in [0, 0.05) is 20.8 Å². The number of unbranched alkanes of at least 4 members (excludes halogenated alkanes) is 1. The van der Waals surface area contributed by atoms with Crippen molar-refractivity contribution < 1.29 is 9.47 Å². The molecule has 1 N–H and O–H groups in total. The molecule has 4 heteroatoms. The van der Waals surface area contributed by atoms with Gasteiger partial charge in [0.25, 0.3) is 0 Å². The van der Waals surface area contributed by atoms with Crippen molar-refractivity contribution in [2.24, 2.45) is 5.41 Å². The van der Waals surface area contributed by atoms with Gasteiger partial charge in [-0.25, -0.2) is 0 Å². The average molecular weight is 261 g/mol. The van der Waals surface area contributed by atoms with Gasteiger partial charge in [-0.3, -0.25) is 0 Å². The molecule has 0 aliphatic heterocycles. The van der Waals surface area contributed by atoms with Crippen LogP contribution in [-0.2, 0) is 9.47 Å². The van der Waals surface area contributed by atoms with Gasteiger partial charge in [0.2, 0.25) is 0 Å². The highest BCUT2D eigenvalue weighted by Gasteiger charge is 2.26. The van der Waals surface area contributed by atoms with Gasteiger partial charge in [0.05, 0.1) is 10.2 Å². The van der Waals surface area contributed by atoms with Crippen LogP contribution in [0.1, 0.15) is 46.5 Å². The van der Waals surface area contributed by atoms with Crippen molar-refractivity contribution >= 4 is 10.2 Å². The Hall–Kier alpha value is 0.0969. The summed E-state index contributed by atoms with van der Waals surface area (Å²) in [5, 5.41) is 3.53. The summed E-state index contributed by atoms with van der Waals surface area (Å²) < 4.78 is 10.9. The molecule has 0 atom stereocenters. The molecule has 0 rings (SSSR count). The Morgan fingerprint density at radius 3 is 2.18 bits per heavy atom. The lowest BCUT2D eigenvalue weighted by molar-refractivity contribution is -0.149. The second-order valence-corrected chi connectivity index (χ2v) is 7.26. The number of nitrogens with one attached hydrogen (secondary N) is 1. The molecule has 3 nitrogen and oxygen atoms in total. The molecule has 0 aliphatic rings. The van der Waals surface area contributed by atoms with Gasteiger partial charge in [0.15, 0.2) is 0 Å². The molecule has 0 radical (unpaired) electrons. The van der Waals surface area contributed by atoms with Crippen molar-refractivity contribution in [1.29, 1.82) is 0 Å². The molecule has 0 aliphatic carbocycles. The van der Waals surface area contributed by atoms with Gasteiger partial charge in [-0.1, -0.05) is 27.2 Å². The van der Waals surface area contributed by atoms with Crippen molar-refractivity contribution in [3.63, 3.8) is 0 Å². The predicted octanol–water partition coefficient (Wildman–Crippen LogP) is 1.49. The third kappa shape index (κ3) is 7.92. The van der Waals surface area contributed by atoms with Crippen LogP contribution in [0.25, 0.3) is 0 Å². The van der Waals surface area contributed by atoms with Crippen LogP contribution in [0, 0.1) is 5.41 Å². The second kappa shape index (κ2) is 8.24. The predicted molar refractivity (Wildman–Crippen MR) is 77.5 cm³/mol. The monoisotopic (exact) mass is 261 g/mol. The molecule has 0 saturated carbocycles. The summed E-state index contributed by atoms with van der Waals surface area (Å²) in [5.41, 5.74) is 0.00114. The fraction of sp³-hybridized carbons (Fsp3) is 1.00. The smallest absolute Gasteiger partial charge is 0.140 e. The minimum atomic E-state index is -0.305. The molecule has 0 amide bonds. The fourth-order valence-electron chi connectivity index (χ4n) is 1.67. The summed E-state index contributed by atoms with van der Waals surface area (Å²) in [6.07, 6.45) is 4.62. The van der Waals surface area contributed by atoms with Crippen molar-refractivity contribution in [3.05, 3.63) is 0 Å². The topological polar surface area (TPSA) is 30.5 Å². The third-order valence-corrected chi connectivity index (χ3v) is 4.75. The Balaban J connectivity index is 3.91. The first-order valence-electron chi connectivity index (χ1n) is 6.70. The lowest BCUT2D eigenvalue weighted by Crippen LogP contribution is -2.37. The minimum Gasteiger partial charge on any atom is -0.358 e. The molecule has 104 valence electrons. The summed E-state index contributed by atoms with van der Waals surface area (Å²) in [4.78, 5) is 0. The van der Waals surface area contributed by atoms with E-state index in [4.69, 9.17) is 9.47 Å². The van der Waals surface area contributed by atoms with Crippen LogP contribution in [0.3, 0.4) is 0 Å². The highest BCUT2D eigenvalue weighted by Crippen LogP contribution is 2.26. The van der Waals surface area contributed by atoms with E-state index in [0.29, 0.717) is 5.41 Å². The Morgan fingerprint density at radius 2 is 1.71 bits per heavy atom. The molecule has 0 heterocycles. The van der Waals surface area contributed by atoms with Crippen LogP contribution in [0.5, 0.6) is 0 Å². The maximum Gasteiger partial charge on any atom is 0.140 e. The maximum absolute atomic E-state index is 5.44. The van der Waals surface area contributed by atoms with Crippen LogP contribution >= 0.6 is 0 Å². The standard InChI is InChI=1S/C13H31NO2Si/c1-6-7-10-14-11-12(2,3)8-9-13(17,15-4)16-5/h14H,6-11H2,1-5,17H3. The molecule has 0 aromatic carbocycles. The molecule has 0 saturated heterocycles. The number of hydrogen-bond acceptors (Lipinski definition) is 3. The SMILES string of the molecule is CCCCNCC(C)(C)CCC([SiH3])(OC)OC. The van der Waals surface area contributed by atoms with E-state index in [-0.39, 0.29) is 5.41 Å². The van der Waals surface area contributed by atoms with E-state index >= 15 is 0 Å². The first-order valence-corrected chi connectivity index (χ1v) is 7.70. The van der Waals surface area contributed by atoms with Crippen molar-refractivity contribution in [2.45, 2.75) is 51.9 Å². The largest absolute Gasteiger partial charge is 0.358 e. The van der Waals surface area contributed by atoms with Gasteiger partial charge in [-0.15, -0.1) is 0 Å². The van der Waals surface area contributed by atoms with Crippen LogP contribution in [0.2, 0.25) is 0 Å². The van der Waals surface area contributed by atoms with Crippen LogP contribution in [0.15, 0.2) is 0 Å². The molecule has 0 unspecified atom stereocenters. The Kier molecular flexibility index (Phi) is 8.29. The molecular weight excluding hydrogens is 230 g/mol. The summed E-state index contributed by atoms with van der Waals surface area (Å²) in [5.74, 6) is 0. The lowest BCUT2D eigenvalue weighted by Gasteiger charge is -2.32. The highest BCUT2D eigenvalue weighted by molar-refractivity contribution is 6.13. The normalized spacial score (nSPS) is 13.2. The zero-order chi connectivity index (χ0) is 13.4. The summed E-state index contributed by atoms with van der Waals surface area (Å²) >= 11 is 0. The van der Waals surface area contributed by atoms with E-state index in [2.05, 4.69) is 26.1 Å². The van der Waals surface area contributed by atoms with Gasteiger partial charge < -0.3 is 14.8 Å². The van der Waals surface area contributed by atoms with Gasteiger partial charge in [-0.05, 0) is 31.2 Å². The van der Waals surface area contributed by atoms with E-state index in [9.17, 15) is 0 Å². The highest BCUT2D eigenvalue weighted by atomic mass is 28.1. The van der Waals surface area contributed by atoms with Crippen LogP contribution < -0.4 is 5.32 Å². The first-order chi connectivity index (χ1) is 7.89. The number of methoxy groups -OCH3 is 2. The summed E-state index contributed by atoms with van der Waals surface area (Å²) in [7, 11) is 4.38. The van der Waals surface area contributed by atoms with E-state index < -0.39 is 0 Å². The zero-order valence-corrected chi connectivity index (χ0v) is 14.6. The van der Waals surface area contributed by atoms with Crippen LogP contribution in [0.4, 0.5) is 0 Å². The third-order valence-electron chi connectivity index (χ3n) is 3.43. The number of hydrogen-bond donors (Lipinski definition) is 1. The lowest BCUT2D eigenvalue weighted by atomic mass is 9.87. The molecule has 0 aromatic heterocycles. The van der Waals surface area contributed by atoms with Crippen molar-refractivity contribution in [2.75, 3.05) is 27.3 Å². The zero-order valence-electron chi connectivity index (χ0n) is 12.6. The molecule has 0 aromatic rings. The fourth-order valence-corrected chi connectivity index (χ4v) is 1.92. The maximum atomic E-state index is 5.44. The van der Waals surface area contributed by atoms with E-state index in [1.54, 1.807) is 14.2 Å². The minimum absolute atomic E-state index is 0.305. The van der Waals surface area contributed by atoms with Crippen molar-refractivity contribution in [3.8, 4) is 0 Å². The quantitative estimate of drug-likeness (QED) is 0.367. The molecule has 0 fully saturated rings. The average Bonchev–Trinajstić information content (AvgIpc) is 2.32. The van der Waals surface area contributed by atoms with Crippen LogP contribution in [-0.4, -0.2) is 43.0 Å². The summed E-state index contributed by atoms with van der Waals surface area (Å²) in [6.45, 7) is 9.02. The van der Waals surface area contributed by atoms with E-state index in [0.717, 1.165) is 36.2 Å². The molecular formula is C13H31NO2Si. The first kappa shape index (κ1) is 17.1. The molecule has 0 bridgehead atoms. The Bertz CT molecular complexity index is 194. The van der Waals surface area contributed by atoms with E-state index in [1.807, 2.05) is 0 Å². The van der Waals surface area contributed by atoms with Crippen molar-refractivity contribution in [1.82, 2.24) is 5.32 Å². The second-order valence-electron chi connectivity index (χ2n) is 5.74. The van der Waals surface area contributed by atoms with Gasteiger partial charge >= 0.3 is 0 Å². The summed E-state index contributed by atoms with van der Waals surface area (Å²) in [6, 6.07) is 0. The Morgan fingerprint density at radius 1 is 1.12 bits per heavy atom. The Labute approximate surface area is 110 Å². The molecule has 0 spiro atoms. The molecule has 17 heavy (non-hydrogen) atoms. The van der Waals surface area contributed by atoms with Gasteiger partial charge in [-0.2, -0.15) is 0 Å². The number of ether oxygens (including phenoxy) is 2. The number of rotatable bonds is 10. The van der Waals surface area contributed by atoms with E-state index in [1.165, 1.54) is 12.8 Å². The van der Waals surface area contributed by atoms with Gasteiger partial charge in [0.1, 0.15) is 5.41 Å².